The summed E-state index contributed by atoms with van der Waals surface area (Å²) < 4.78 is 0. The molecule has 0 saturated heterocycles. The minimum Gasteiger partial charge on any atom is -0.300 e. The van der Waals surface area contributed by atoms with Gasteiger partial charge in [0.25, 0.3) is 0 Å². The van der Waals surface area contributed by atoms with Gasteiger partial charge < -0.3 is 4.79 Å². The van der Waals surface area contributed by atoms with Crippen LogP contribution in [0.3, 0.4) is 0 Å². The van der Waals surface area contributed by atoms with Gasteiger partial charge in [-0.3, -0.25) is 4.79 Å². The smallest absolute Gasteiger partial charge is 0.145 e. The van der Waals surface area contributed by atoms with Crippen LogP contribution in [-0.4, -0.2) is 12.1 Å². The van der Waals surface area contributed by atoms with Crippen LogP contribution in [0.5, 0.6) is 0 Å². The van der Waals surface area contributed by atoms with Crippen molar-refractivity contribution < 1.29 is 9.59 Å². The highest BCUT2D eigenvalue weighted by atomic mass is 16.1. The van der Waals surface area contributed by atoms with E-state index in [2.05, 4.69) is 6.58 Å². The summed E-state index contributed by atoms with van der Waals surface area (Å²) >= 11 is 0. The molecule has 0 N–H and O–H groups in total. The Morgan fingerprint density at radius 1 is 1.56 bits per heavy atom. The van der Waals surface area contributed by atoms with Crippen molar-refractivity contribution in [3.05, 3.63) is 12.2 Å². The first kappa shape index (κ1) is 8.08. The Labute approximate surface area is 54.6 Å². The first-order valence-electron chi connectivity index (χ1n) is 2.79. The molecule has 0 aromatic carbocycles. The molecule has 0 aromatic heterocycles. The number of hydrogen-bond donors (Lipinski definition) is 0. The monoisotopic (exact) mass is 126 g/mol. The van der Waals surface area contributed by atoms with E-state index in [9.17, 15) is 9.59 Å². The predicted octanol–water partition coefficient (Wildman–Crippen LogP) is 1.11. The molecular formula is C7H10O2. The first-order chi connectivity index (χ1) is 4.16. The maximum atomic E-state index is 10.3. The minimum absolute atomic E-state index is 0.0954. The lowest BCUT2D eigenvalue weighted by Gasteiger charge is -1.90. The Morgan fingerprint density at radius 2 is 2.11 bits per heavy atom. The lowest BCUT2D eigenvalue weighted by atomic mass is 10.1. The SMILES string of the molecule is C=C(C=O)CCC(C)=O. The molecule has 0 amide bonds. The lowest BCUT2D eigenvalue weighted by molar-refractivity contribution is -0.116. The number of rotatable bonds is 4. The Morgan fingerprint density at radius 3 is 2.44 bits per heavy atom. The van der Waals surface area contributed by atoms with Gasteiger partial charge in [-0.05, 0) is 18.9 Å². The van der Waals surface area contributed by atoms with E-state index < -0.39 is 0 Å². The maximum absolute atomic E-state index is 10.3. The van der Waals surface area contributed by atoms with Gasteiger partial charge in [0.1, 0.15) is 12.1 Å². The predicted molar refractivity (Wildman–Crippen MR) is 35.1 cm³/mol. The molecule has 0 rings (SSSR count). The van der Waals surface area contributed by atoms with Gasteiger partial charge in [-0.25, -0.2) is 0 Å². The van der Waals surface area contributed by atoms with Gasteiger partial charge in [0.05, 0.1) is 0 Å². The molecule has 0 spiro atoms. The summed E-state index contributed by atoms with van der Waals surface area (Å²) in [4.78, 5) is 20.2. The van der Waals surface area contributed by atoms with Gasteiger partial charge >= 0.3 is 0 Å². The number of aldehydes is 1. The van der Waals surface area contributed by atoms with Crippen LogP contribution < -0.4 is 0 Å². The van der Waals surface area contributed by atoms with E-state index in [1.54, 1.807) is 0 Å². The molecule has 0 fully saturated rings. The molecule has 2 heteroatoms. The average Bonchev–Trinajstić information content (AvgIpc) is 1.83. The molecule has 0 saturated carbocycles. The van der Waals surface area contributed by atoms with E-state index in [4.69, 9.17) is 0 Å². The van der Waals surface area contributed by atoms with Gasteiger partial charge in [-0.1, -0.05) is 6.58 Å². The zero-order valence-corrected chi connectivity index (χ0v) is 5.52. The van der Waals surface area contributed by atoms with Crippen molar-refractivity contribution >= 4 is 12.1 Å². The van der Waals surface area contributed by atoms with Crippen molar-refractivity contribution in [3.63, 3.8) is 0 Å². The van der Waals surface area contributed by atoms with Crippen molar-refractivity contribution in [1.82, 2.24) is 0 Å². The summed E-state index contributed by atoms with van der Waals surface area (Å²) in [5.74, 6) is 0.0954. The summed E-state index contributed by atoms with van der Waals surface area (Å²) in [6.45, 7) is 4.92. The fourth-order valence-electron chi connectivity index (χ4n) is 0.396. The summed E-state index contributed by atoms with van der Waals surface area (Å²) in [6.07, 6.45) is 1.61. The quantitative estimate of drug-likeness (QED) is 0.417. The number of carbonyl (C=O) groups excluding carboxylic acids is 2. The standard InChI is InChI=1S/C7H10O2/c1-6(5-8)3-4-7(2)9/h5H,1,3-4H2,2H3. The van der Waals surface area contributed by atoms with Gasteiger partial charge in [0.15, 0.2) is 0 Å². The molecule has 0 heterocycles. The number of Topliss-reactive ketones (excluding diaryl/α,β-unsaturated/α-hetero) is 1. The number of allylic oxidation sites excluding steroid dienone is 1. The molecule has 0 radical (unpaired) electrons. The molecule has 0 aliphatic heterocycles. The lowest BCUT2D eigenvalue weighted by Crippen LogP contribution is -1.91. The third-order valence-electron chi connectivity index (χ3n) is 0.965. The van der Waals surface area contributed by atoms with Gasteiger partial charge in [0.2, 0.25) is 0 Å². The average molecular weight is 126 g/mol. The van der Waals surface area contributed by atoms with Gasteiger partial charge in [-0.2, -0.15) is 0 Å². The van der Waals surface area contributed by atoms with Crippen LogP contribution in [-0.2, 0) is 9.59 Å². The molecule has 2 nitrogen and oxygen atoms in total. The maximum Gasteiger partial charge on any atom is 0.145 e. The van der Waals surface area contributed by atoms with Gasteiger partial charge in [0, 0.05) is 6.42 Å². The van der Waals surface area contributed by atoms with Gasteiger partial charge in [-0.15, -0.1) is 0 Å². The van der Waals surface area contributed by atoms with E-state index in [-0.39, 0.29) is 5.78 Å². The highest BCUT2D eigenvalue weighted by Crippen LogP contribution is 1.98. The first-order valence-corrected chi connectivity index (χ1v) is 2.79. The van der Waals surface area contributed by atoms with Crippen LogP contribution in [0.1, 0.15) is 19.8 Å². The Bertz CT molecular complexity index is 136. The fraction of sp³-hybridized carbons (Fsp3) is 0.429. The Hall–Kier alpha value is -0.920. The molecule has 0 atom stereocenters. The molecule has 0 aliphatic carbocycles. The van der Waals surface area contributed by atoms with Crippen molar-refractivity contribution in [2.45, 2.75) is 19.8 Å². The van der Waals surface area contributed by atoms with Crippen LogP contribution in [0, 0.1) is 0 Å². The van der Waals surface area contributed by atoms with E-state index in [0.29, 0.717) is 24.7 Å². The van der Waals surface area contributed by atoms with E-state index in [1.807, 2.05) is 0 Å². The summed E-state index contributed by atoms with van der Waals surface area (Å²) in [5.41, 5.74) is 0.491. The Balaban J connectivity index is 3.39. The molecule has 0 aromatic rings. The van der Waals surface area contributed by atoms with Crippen molar-refractivity contribution in [2.24, 2.45) is 0 Å². The molecule has 9 heavy (non-hydrogen) atoms. The molecule has 0 aliphatic rings. The number of carbonyl (C=O) groups is 2. The highest BCUT2D eigenvalue weighted by molar-refractivity contribution is 5.78. The summed E-state index contributed by atoms with van der Waals surface area (Å²) in [5, 5.41) is 0. The summed E-state index contributed by atoms with van der Waals surface area (Å²) in [7, 11) is 0. The third-order valence-corrected chi connectivity index (χ3v) is 0.965. The zero-order chi connectivity index (χ0) is 7.28. The second kappa shape index (κ2) is 4.01. The van der Waals surface area contributed by atoms with Crippen molar-refractivity contribution in [1.29, 1.82) is 0 Å². The third kappa shape index (κ3) is 4.94. The van der Waals surface area contributed by atoms with Crippen LogP contribution in [0.4, 0.5) is 0 Å². The second-order valence-corrected chi connectivity index (χ2v) is 1.98. The van der Waals surface area contributed by atoms with Crippen LogP contribution in [0.25, 0.3) is 0 Å². The Kier molecular flexibility index (Phi) is 3.60. The van der Waals surface area contributed by atoms with E-state index in [1.165, 1.54) is 6.92 Å². The second-order valence-electron chi connectivity index (χ2n) is 1.98. The van der Waals surface area contributed by atoms with E-state index >= 15 is 0 Å². The molecular weight excluding hydrogens is 116 g/mol. The van der Waals surface area contributed by atoms with Crippen molar-refractivity contribution in [2.75, 3.05) is 0 Å². The minimum atomic E-state index is 0.0954. The largest absolute Gasteiger partial charge is 0.300 e. The fourth-order valence-corrected chi connectivity index (χ4v) is 0.396. The number of hydrogen-bond acceptors (Lipinski definition) is 2. The topological polar surface area (TPSA) is 34.1 Å². The normalized spacial score (nSPS) is 8.56. The van der Waals surface area contributed by atoms with E-state index in [0.717, 1.165) is 0 Å². The van der Waals surface area contributed by atoms with Crippen LogP contribution in [0.2, 0.25) is 0 Å². The van der Waals surface area contributed by atoms with Crippen LogP contribution >= 0.6 is 0 Å². The number of ketones is 1. The highest BCUT2D eigenvalue weighted by Gasteiger charge is 1.94. The summed E-state index contributed by atoms with van der Waals surface area (Å²) in [6, 6.07) is 0. The molecule has 0 unspecified atom stereocenters. The molecule has 50 valence electrons. The van der Waals surface area contributed by atoms with Crippen molar-refractivity contribution in [3.8, 4) is 0 Å². The van der Waals surface area contributed by atoms with Crippen LogP contribution in [0.15, 0.2) is 12.2 Å². The molecule has 0 bridgehead atoms. The zero-order valence-electron chi connectivity index (χ0n) is 5.52.